The van der Waals surface area contributed by atoms with Crippen molar-refractivity contribution in [2.45, 2.75) is 38.6 Å². The fraction of sp³-hybridized carbons (Fsp3) is 0.667. The van der Waals surface area contributed by atoms with Crippen LogP contribution in [0.15, 0.2) is 11.6 Å². The van der Waals surface area contributed by atoms with Gasteiger partial charge in [0.25, 0.3) is 0 Å². The average molecular weight is 309 g/mol. The number of aliphatic hydroxyl groups excluding tert-OH is 1. The van der Waals surface area contributed by atoms with Crippen molar-refractivity contribution in [3.05, 3.63) is 17.3 Å². The molecule has 5 nitrogen and oxygen atoms in total. The highest BCUT2D eigenvalue weighted by molar-refractivity contribution is 7.15. The number of imidazole rings is 1. The number of hydrogen-bond acceptors (Lipinski definition) is 5. The SMILES string of the molecule is COc1nc2sccn2c1CNCC1(CO)CCCCC1. The fourth-order valence-corrected chi connectivity index (χ4v) is 4.00. The summed E-state index contributed by atoms with van der Waals surface area (Å²) in [4.78, 5) is 5.42. The molecular formula is C15H23N3O2S. The Hall–Kier alpha value is -1.11. The van der Waals surface area contributed by atoms with Gasteiger partial charge < -0.3 is 15.2 Å². The summed E-state index contributed by atoms with van der Waals surface area (Å²) in [5.74, 6) is 0.691. The first-order chi connectivity index (χ1) is 10.3. The first-order valence-corrected chi connectivity index (χ1v) is 8.46. The van der Waals surface area contributed by atoms with Crippen LogP contribution in [0.5, 0.6) is 5.88 Å². The number of hydrogen-bond donors (Lipinski definition) is 2. The Morgan fingerprint density at radius 3 is 2.95 bits per heavy atom. The van der Waals surface area contributed by atoms with Gasteiger partial charge in [-0.05, 0) is 12.8 Å². The molecule has 2 N–H and O–H groups in total. The van der Waals surface area contributed by atoms with E-state index in [1.165, 1.54) is 19.3 Å². The van der Waals surface area contributed by atoms with E-state index >= 15 is 0 Å². The lowest BCUT2D eigenvalue weighted by Crippen LogP contribution is -2.39. The second-order valence-corrected chi connectivity index (χ2v) is 6.82. The van der Waals surface area contributed by atoms with Crippen LogP contribution in [-0.4, -0.2) is 34.8 Å². The summed E-state index contributed by atoms with van der Waals surface area (Å²) >= 11 is 1.61. The Morgan fingerprint density at radius 1 is 1.43 bits per heavy atom. The monoisotopic (exact) mass is 309 g/mol. The van der Waals surface area contributed by atoms with Crippen molar-refractivity contribution >= 4 is 16.3 Å². The zero-order chi connectivity index (χ0) is 14.7. The molecule has 0 unspecified atom stereocenters. The Kier molecular flexibility index (Phi) is 4.47. The number of aromatic nitrogens is 2. The van der Waals surface area contributed by atoms with Gasteiger partial charge in [0.2, 0.25) is 5.88 Å². The molecule has 21 heavy (non-hydrogen) atoms. The van der Waals surface area contributed by atoms with E-state index in [0.717, 1.165) is 30.0 Å². The molecule has 2 heterocycles. The third kappa shape index (κ3) is 2.93. The normalized spacial score (nSPS) is 18.2. The number of methoxy groups -OCH3 is 1. The minimum atomic E-state index is 0.0595. The molecule has 0 atom stereocenters. The third-order valence-electron chi connectivity index (χ3n) is 4.56. The minimum Gasteiger partial charge on any atom is -0.480 e. The molecule has 0 aromatic carbocycles. The van der Waals surface area contributed by atoms with Gasteiger partial charge in [-0.15, -0.1) is 11.3 Å². The summed E-state index contributed by atoms with van der Waals surface area (Å²) in [5.41, 5.74) is 1.11. The minimum absolute atomic E-state index is 0.0595. The van der Waals surface area contributed by atoms with Crippen LogP contribution in [0.25, 0.3) is 4.96 Å². The van der Waals surface area contributed by atoms with Crippen LogP contribution >= 0.6 is 11.3 Å². The molecule has 0 spiro atoms. The van der Waals surface area contributed by atoms with Gasteiger partial charge in [0.05, 0.1) is 7.11 Å². The molecule has 1 saturated carbocycles. The number of aliphatic hydroxyl groups is 1. The molecule has 116 valence electrons. The largest absolute Gasteiger partial charge is 0.480 e. The van der Waals surface area contributed by atoms with Gasteiger partial charge in [0, 0.05) is 36.7 Å². The number of fused-ring (bicyclic) bond motifs is 1. The van der Waals surface area contributed by atoms with Gasteiger partial charge >= 0.3 is 0 Å². The molecular weight excluding hydrogens is 286 g/mol. The van der Waals surface area contributed by atoms with E-state index in [0.29, 0.717) is 12.4 Å². The van der Waals surface area contributed by atoms with E-state index in [9.17, 15) is 5.11 Å². The molecule has 0 bridgehead atoms. The lowest BCUT2D eigenvalue weighted by Gasteiger charge is -2.35. The first kappa shape index (κ1) is 14.8. The zero-order valence-electron chi connectivity index (χ0n) is 12.5. The van der Waals surface area contributed by atoms with Gasteiger partial charge in [0.15, 0.2) is 4.96 Å². The quantitative estimate of drug-likeness (QED) is 0.860. The van der Waals surface area contributed by atoms with Crippen molar-refractivity contribution in [3.63, 3.8) is 0 Å². The summed E-state index contributed by atoms with van der Waals surface area (Å²) in [6.07, 6.45) is 8.02. The van der Waals surface area contributed by atoms with Crippen LogP contribution < -0.4 is 10.1 Å². The highest BCUT2D eigenvalue weighted by Gasteiger charge is 2.31. The molecule has 2 aromatic heterocycles. The first-order valence-electron chi connectivity index (χ1n) is 7.58. The van der Waals surface area contributed by atoms with E-state index in [1.807, 2.05) is 11.6 Å². The smallest absolute Gasteiger partial charge is 0.237 e. The predicted octanol–water partition coefficient (Wildman–Crippen LogP) is 2.44. The maximum Gasteiger partial charge on any atom is 0.237 e. The molecule has 1 aliphatic carbocycles. The molecule has 1 aliphatic rings. The fourth-order valence-electron chi connectivity index (χ4n) is 3.28. The molecule has 0 amide bonds. The summed E-state index contributed by atoms with van der Waals surface area (Å²) < 4.78 is 7.44. The van der Waals surface area contributed by atoms with Crippen molar-refractivity contribution in [2.24, 2.45) is 5.41 Å². The highest BCUT2D eigenvalue weighted by atomic mass is 32.1. The van der Waals surface area contributed by atoms with E-state index in [2.05, 4.69) is 14.7 Å². The van der Waals surface area contributed by atoms with Crippen LogP contribution in [0, 0.1) is 5.41 Å². The summed E-state index contributed by atoms with van der Waals surface area (Å²) in [6.45, 7) is 1.84. The predicted molar refractivity (Wildman–Crippen MR) is 83.9 cm³/mol. The topological polar surface area (TPSA) is 58.8 Å². The standard InChI is InChI=1S/C15H23N3O2S/c1-20-13-12(18-7-8-21-14(18)17-13)9-16-10-15(11-19)5-3-2-4-6-15/h7-8,16,19H,2-6,9-11H2,1H3. The van der Waals surface area contributed by atoms with Crippen molar-refractivity contribution in [2.75, 3.05) is 20.3 Å². The van der Waals surface area contributed by atoms with Crippen LogP contribution in [-0.2, 0) is 6.54 Å². The summed E-state index contributed by atoms with van der Waals surface area (Å²) in [6, 6.07) is 0. The van der Waals surface area contributed by atoms with E-state index in [1.54, 1.807) is 18.4 Å². The summed E-state index contributed by atoms with van der Waals surface area (Å²) in [5, 5.41) is 15.3. The van der Waals surface area contributed by atoms with Crippen molar-refractivity contribution in [1.29, 1.82) is 0 Å². The molecule has 3 rings (SSSR count). The van der Waals surface area contributed by atoms with Crippen LogP contribution in [0.1, 0.15) is 37.8 Å². The van der Waals surface area contributed by atoms with Crippen LogP contribution in [0.2, 0.25) is 0 Å². The third-order valence-corrected chi connectivity index (χ3v) is 5.32. The number of rotatable bonds is 6. The van der Waals surface area contributed by atoms with Gasteiger partial charge in [-0.1, -0.05) is 19.3 Å². The van der Waals surface area contributed by atoms with Gasteiger partial charge in [-0.25, -0.2) is 0 Å². The molecule has 0 aliphatic heterocycles. The molecule has 6 heteroatoms. The maximum absolute atomic E-state index is 9.76. The van der Waals surface area contributed by atoms with Crippen molar-refractivity contribution in [1.82, 2.24) is 14.7 Å². The Labute approximate surface area is 129 Å². The maximum atomic E-state index is 9.76. The second kappa shape index (κ2) is 6.34. The highest BCUT2D eigenvalue weighted by Crippen LogP contribution is 2.35. The zero-order valence-corrected chi connectivity index (χ0v) is 13.3. The molecule has 0 radical (unpaired) electrons. The van der Waals surface area contributed by atoms with Gasteiger partial charge in [-0.2, -0.15) is 4.98 Å². The van der Waals surface area contributed by atoms with Crippen molar-refractivity contribution < 1.29 is 9.84 Å². The lowest BCUT2D eigenvalue weighted by molar-refractivity contribution is 0.0809. The van der Waals surface area contributed by atoms with E-state index in [-0.39, 0.29) is 12.0 Å². The van der Waals surface area contributed by atoms with Gasteiger partial charge in [0.1, 0.15) is 5.69 Å². The Bertz CT molecular complexity index is 587. The summed E-state index contributed by atoms with van der Waals surface area (Å²) in [7, 11) is 1.66. The molecule has 1 fully saturated rings. The van der Waals surface area contributed by atoms with Crippen LogP contribution in [0.4, 0.5) is 0 Å². The average Bonchev–Trinajstić information content (AvgIpc) is 3.10. The van der Waals surface area contributed by atoms with Crippen LogP contribution in [0.3, 0.4) is 0 Å². The Morgan fingerprint density at radius 2 is 2.24 bits per heavy atom. The molecule has 2 aromatic rings. The second-order valence-electron chi connectivity index (χ2n) is 5.95. The van der Waals surface area contributed by atoms with Gasteiger partial charge in [-0.3, -0.25) is 4.40 Å². The number of nitrogens with zero attached hydrogens (tertiary/aromatic N) is 2. The lowest BCUT2D eigenvalue weighted by atomic mass is 9.74. The van der Waals surface area contributed by atoms with Crippen molar-refractivity contribution in [3.8, 4) is 5.88 Å². The van der Waals surface area contributed by atoms with E-state index in [4.69, 9.17) is 4.74 Å². The Balaban J connectivity index is 1.67. The molecule has 0 saturated heterocycles. The number of ether oxygens (including phenoxy) is 1. The van der Waals surface area contributed by atoms with E-state index < -0.39 is 0 Å². The number of nitrogens with one attached hydrogen (secondary N) is 1. The number of thiazole rings is 1.